The Morgan fingerprint density at radius 3 is 2.74 bits per heavy atom. The number of carbonyl (C=O) groups excluding carboxylic acids is 1. The number of halogens is 1. The third kappa shape index (κ3) is 4.92. The van der Waals surface area contributed by atoms with Crippen LogP contribution in [0.3, 0.4) is 0 Å². The van der Waals surface area contributed by atoms with Gasteiger partial charge in [0.05, 0.1) is 19.3 Å². The van der Waals surface area contributed by atoms with Crippen molar-refractivity contribution in [2.24, 2.45) is 0 Å². The summed E-state index contributed by atoms with van der Waals surface area (Å²) in [4.78, 5) is 12.5. The largest absolute Gasteiger partial charge is 0.374 e. The first-order valence-corrected chi connectivity index (χ1v) is 10.7. The van der Waals surface area contributed by atoms with Crippen LogP contribution in [0, 0.1) is 0 Å². The third-order valence-electron chi connectivity index (χ3n) is 5.52. The van der Waals surface area contributed by atoms with Crippen molar-refractivity contribution in [3.8, 4) is 0 Å². The van der Waals surface area contributed by atoms with E-state index >= 15 is 0 Å². The van der Waals surface area contributed by atoms with Gasteiger partial charge in [0.25, 0.3) is 5.91 Å². The molecule has 2 heterocycles. The monoisotopic (exact) mass is 446 g/mol. The lowest BCUT2D eigenvalue weighted by Crippen LogP contribution is -2.52. The molecule has 2 saturated heterocycles. The Kier molecular flexibility index (Phi) is 6.35. The van der Waals surface area contributed by atoms with Crippen LogP contribution in [0.5, 0.6) is 0 Å². The molecule has 31 heavy (non-hydrogen) atoms. The molecule has 2 aromatic carbocycles. The molecule has 2 aliphatic rings. The number of benzene rings is 2. The van der Waals surface area contributed by atoms with E-state index in [4.69, 9.17) is 25.8 Å². The number of rotatable bonds is 7. The van der Waals surface area contributed by atoms with E-state index in [0.717, 1.165) is 0 Å². The van der Waals surface area contributed by atoms with Crippen LogP contribution < -0.4 is 10.6 Å². The summed E-state index contributed by atoms with van der Waals surface area (Å²) in [6.07, 6.45) is -1.66. The van der Waals surface area contributed by atoms with E-state index in [2.05, 4.69) is 10.6 Å². The maximum atomic E-state index is 12.5. The van der Waals surface area contributed by atoms with E-state index in [0.29, 0.717) is 22.7 Å². The van der Waals surface area contributed by atoms with Crippen LogP contribution in [0.2, 0.25) is 5.02 Å². The summed E-state index contributed by atoms with van der Waals surface area (Å²) in [6.45, 7) is 4.55. The molecule has 2 fully saturated rings. The molecule has 0 bridgehead atoms. The number of carbonyl (C=O) groups is 1. The van der Waals surface area contributed by atoms with Gasteiger partial charge in [0.15, 0.2) is 5.79 Å². The Balaban J connectivity index is 1.41. The second-order valence-corrected chi connectivity index (χ2v) is 8.81. The summed E-state index contributed by atoms with van der Waals surface area (Å²) >= 11 is 6.01. The van der Waals surface area contributed by atoms with Crippen LogP contribution in [0.4, 0.5) is 0 Å². The second kappa shape index (κ2) is 8.86. The molecule has 3 N–H and O–H groups in total. The van der Waals surface area contributed by atoms with E-state index in [1.807, 2.05) is 32.0 Å². The molecule has 7 nitrogen and oxygen atoms in total. The van der Waals surface area contributed by atoms with Crippen molar-refractivity contribution in [1.29, 1.82) is 0 Å². The summed E-state index contributed by atoms with van der Waals surface area (Å²) in [6, 6.07) is 16.1. The fourth-order valence-corrected chi connectivity index (χ4v) is 4.34. The molecule has 4 rings (SSSR count). The number of fused-ring (bicyclic) bond motifs is 1. The molecular weight excluding hydrogens is 420 g/mol. The highest BCUT2D eigenvalue weighted by Crippen LogP contribution is 2.43. The standard InChI is InChI=1S/C23H27ClN2O5/c1-22(2)30-19-18(12-25-21(28)16-9-6-10-17(24)11-16)29-14-23(19,31-22)13-26-20(27)15-7-4-3-5-8-15/h3-11,18-19,21,25,28H,12-14H2,1-2H3,(H,26,27)/t18-,19-,21?,23+/m1/s1. The second-order valence-electron chi connectivity index (χ2n) is 8.37. The van der Waals surface area contributed by atoms with Crippen molar-refractivity contribution in [3.05, 3.63) is 70.7 Å². The van der Waals surface area contributed by atoms with Crippen molar-refractivity contribution in [2.45, 2.75) is 43.7 Å². The SMILES string of the molecule is CC1(C)O[C@@H]2[C@@H](CNC(O)c3cccc(Cl)c3)OC[C@]2(CNC(=O)c2ccccc2)O1. The predicted molar refractivity (Wildman–Crippen MR) is 116 cm³/mol. The van der Waals surface area contributed by atoms with Crippen LogP contribution in [0.1, 0.15) is 36.0 Å². The number of hydrogen-bond acceptors (Lipinski definition) is 6. The van der Waals surface area contributed by atoms with E-state index in [-0.39, 0.29) is 25.2 Å². The number of aliphatic hydroxyl groups excluding tert-OH is 1. The summed E-state index contributed by atoms with van der Waals surface area (Å²) in [5, 5.41) is 17.0. The van der Waals surface area contributed by atoms with E-state index in [9.17, 15) is 9.90 Å². The molecule has 1 unspecified atom stereocenters. The van der Waals surface area contributed by atoms with Crippen LogP contribution in [-0.4, -0.2) is 54.3 Å². The molecule has 2 aromatic rings. The lowest BCUT2D eigenvalue weighted by molar-refractivity contribution is -0.189. The van der Waals surface area contributed by atoms with E-state index < -0.39 is 23.7 Å². The average Bonchev–Trinajstić information content (AvgIpc) is 3.21. The van der Waals surface area contributed by atoms with E-state index in [1.54, 1.807) is 36.4 Å². The van der Waals surface area contributed by atoms with Gasteiger partial charge in [-0.1, -0.05) is 41.9 Å². The summed E-state index contributed by atoms with van der Waals surface area (Å²) in [5.74, 6) is -0.990. The first kappa shape index (κ1) is 22.2. The summed E-state index contributed by atoms with van der Waals surface area (Å²) in [7, 11) is 0. The molecular formula is C23H27ClN2O5. The quantitative estimate of drug-likeness (QED) is 0.567. The Bertz CT molecular complexity index is 925. The molecule has 0 radical (unpaired) electrons. The topological polar surface area (TPSA) is 89.0 Å². The van der Waals surface area contributed by atoms with Gasteiger partial charge in [0.1, 0.15) is 17.9 Å². The Labute approximate surface area is 186 Å². The number of aliphatic hydroxyl groups is 1. The Hall–Kier alpha value is -2.00. The van der Waals surface area contributed by atoms with Crippen molar-refractivity contribution < 1.29 is 24.1 Å². The van der Waals surface area contributed by atoms with Gasteiger partial charge < -0.3 is 24.6 Å². The van der Waals surface area contributed by atoms with Gasteiger partial charge in [-0.25, -0.2) is 0 Å². The van der Waals surface area contributed by atoms with Gasteiger partial charge in [0, 0.05) is 17.1 Å². The van der Waals surface area contributed by atoms with Gasteiger partial charge in [0.2, 0.25) is 0 Å². The van der Waals surface area contributed by atoms with Crippen molar-refractivity contribution in [1.82, 2.24) is 10.6 Å². The first-order chi connectivity index (χ1) is 14.8. The van der Waals surface area contributed by atoms with Crippen LogP contribution in [0.25, 0.3) is 0 Å². The average molecular weight is 447 g/mol. The minimum Gasteiger partial charge on any atom is -0.374 e. The van der Waals surface area contributed by atoms with Gasteiger partial charge in [-0.05, 0) is 43.7 Å². The fourth-order valence-electron chi connectivity index (χ4n) is 4.14. The molecule has 0 aliphatic carbocycles. The maximum absolute atomic E-state index is 12.5. The fraction of sp³-hybridized carbons (Fsp3) is 0.435. The Morgan fingerprint density at radius 1 is 1.23 bits per heavy atom. The molecule has 0 spiro atoms. The normalized spacial score (nSPS) is 27.6. The molecule has 4 atom stereocenters. The maximum Gasteiger partial charge on any atom is 0.251 e. The van der Waals surface area contributed by atoms with E-state index in [1.165, 1.54) is 0 Å². The van der Waals surface area contributed by atoms with Gasteiger partial charge in [-0.15, -0.1) is 0 Å². The molecule has 0 saturated carbocycles. The highest BCUT2D eigenvalue weighted by atomic mass is 35.5. The molecule has 0 aromatic heterocycles. The van der Waals surface area contributed by atoms with Crippen molar-refractivity contribution in [3.63, 3.8) is 0 Å². The summed E-state index contributed by atoms with van der Waals surface area (Å²) < 4.78 is 18.3. The Morgan fingerprint density at radius 2 is 2.00 bits per heavy atom. The number of nitrogens with one attached hydrogen (secondary N) is 2. The molecule has 2 aliphatic heterocycles. The lowest BCUT2D eigenvalue weighted by atomic mass is 9.96. The zero-order valence-electron chi connectivity index (χ0n) is 17.5. The minimum absolute atomic E-state index is 0.181. The predicted octanol–water partition coefficient (Wildman–Crippen LogP) is 2.64. The molecule has 1 amide bonds. The first-order valence-electron chi connectivity index (χ1n) is 10.3. The van der Waals surface area contributed by atoms with Crippen LogP contribution in [0.15, 0.2) is 54.6 Å². The number of hydrogen-bond donors (Lipinski definition) is 3. The zero-order chi connectivity index (χ0) is 22.1. The summed E-state index contributed by atoms with van der Waals surface area (Å²) in [5.41, 5.74) is 0.438. The number of ether oxygens (including phenoxy) is 3. The van der Waals surface area contributed by atoms with Crippen LogP contribution >= 0.6 is 11.6 Å². The van der Waals surface area contributed by atoms with Gasteiger partial charge in [-0.3, -0.25) is 10.1 Å². The third-order valence-corrected chi connectivity index (χ3v) is 5.75. The van der Waals surface area contributed by atoms with Crippen molar-refractivity contribution in [2.75, 3.05) is 19.7 Å². The number of amides is 1. The highest BCUT2D eigenvalue weighted by Gasteiger charge is 2.60. The van der Waals surface area contributed by atoms with Gasteiger partial charge in [-0.2, -0.15) is 0 Å². The zero-order valence-corrected chi connectivity index (χ0v) is 18.3. The smallest absolute Gasteiger partial charge is 0.251 e. The lowest BCUT2D eigenvalue weighted by Gasteiger charge is -2.27. The molecule has 8 heteroatoms. The highest BCUT2D eigenvalue weighted by molar-refractivity contribution is 6.30. The van der Waals surface area contributed by atoms with Crippen LogP contribution in [-0.2, 0) is 14.2 Å². The molecule has 166 valence electrons. The van der Waals surface area contributed by atoms with Crippen molar-refractivity contribution >= 4 is 17.5 Å². The minimum atomic E-state index is -0.898. The van der Waals surface area contributed by atoms with Gasteiger partial charge >= 0.3 is 0 Å².